The number of alkyl halides is 1. The summed E-state index contributed by atoms with van der Waals surface area (Å²) in [6.45, 7) is 3.23. The highest BCUT2D eigenvalue weighted by molar-refractivity contribution is 7.92. The van der Waals surface area contributed by atoms with Crippen molar-refractivity contribution in [2.45, 2.75) is 30.5 Å². The van der Waals surface area contributed by atoms with Gasteiger partial charge in [0.05, 0.1) is 24.2 Å². The predicted octanol–water partition coefficient (Wildman–Crippen LogP) is 1.90. The van der Waals surface area contributed by atoms with E-state index < -0.39 is 16.5 Å². The third kappa shape index (κ3) is 3.19. The molecule has 0 bridgehead atoms. The molecule has 0 amide bonds. The number of halogens is 1. The molecule has 0 spiro atoms. The molecule has 2 rings (SSSR count). The second kappa shape index (κ2) is 5.38. The summed E-state index contributed by atoms with van der Waals surface area (Å²) in [5.74, 6) is -0.161. The lowest BCUT2D eigenvalue weighted by molar-refractivity contribution is 0.427. The Bertz CT molecular complexity index is 656. The Labute approximate surface area is 115 Å². The molecule has 0 aliphatic rings. The first kappa shape index (κ1) is 14.1. The molecule has 0 atom stereocenters. The first-order chi connectivity index (χ1) is 8.92. The third-order valence-electron chi connectivity index (χ3n) is 2.63. The first-order valence-corrected chi connectivity index (χ1v) is 8.13. The van der Waals surface area contributed by atoms with Crippen LogP contribution < -0.4 is 0 Å². The number of nitrogens with zero attached hydrogens (tertiary/aromatic N) is 3. The van der Waals surface area contributed by atoms with Gasteiger partial charge in [0.25, 0.3) is 0 Å². The van der Waals surface area contributed by atoms with Crippen LogP contribution in [0.3, 0.4) is 0 Å². The van der Waals surface area contributed by atoms with Gasteiger partial charge in [0.1, 0.15) is 6.67 Å². The van der Waals surface area contributed by atoms with Crippen LogP contribution in [0.25, 0.3) is 0 Å². The summed E-state index contributed by atoms with van der Waals surface area (Å²) in [6.07, 6.45) is 2.99. The molecular weight excluding hydrogens is 289 g/mol. The van der Waals surface area contributed by atoms with Gasteiger partial charge in [-0.1, -0.05) is 0 Å². The molecule has 2 heterocycles. The van der Waals surface area contributed by atoms with E-state index in [1.54, 1.807) is 13.1 Å². The van der Waals surface area contributed by atoms with E-state index in [1.165, 1.54) is 22.2 Å². The van der Waals surface area contributed by atoms with Crippen molar-refractivity contribution in [3.8, 4) is 0 Å². The van der Waals surface area contributed by atoms with E-state index in [0.717, 1.165) is 10.6 Å². The molecule has 2 aromatic heterocycles. The molecular formula is C11H14FN3O2S2. The van der Waals surface area contributed by atoms with Crippen molar-refractivity contribution in [3.63, 3.8) is 0 Å². The summed E-state index contributed by atoms with van der Waals surface area (Å²) in [5, 5.41) is 3.90. The zero-order chi connectivity index (χ0) is 14.0. The second-order valence-corrected chi connectivity index (χ2v) is 7.55. The van der Waals surface area contributed by atoms with Gasteiger partial charge in [0.2, 0.25) is 14.2 Å². The van der Waals surface area contributed by atoms with Gasteiger partial charge in [-0.3, -0.25) is 4.68 Å². The molecule has 0 unspecified atom stereocenters. The highest BCUT2D eigenvalue weighted by Gasteiger charge is 2.21. The van der Waals surface area contributed by atoms with Gasteiger partial charge >= 0.3 is 0 Å². The van der Waals surface area contributed by atoms with Crippen LogP contribution in [-0.4, -0.2) is 29.9 Å². The van der Waals surface area contributed by atoms with Crippen molar-refractivity contribution in [1.29, 1.82) is 0 Å². The van der Waals surface area contributed by atoms with Gasteiger partial charge in [-0.05, 0) is 13.8 Å². The number of aryl methyl sites for hydroxylation is 3. The van der Waals surface area contributed by atoms with Gasteiger partial charge in [0.15, 0.2) is 0 Å². The molecule has 0 saturated carbocycles. The van der Waals surface area contributed by atoms with Crippen LogP contribution in [0.15, 0.2) is 16.7 Å². The maximum atomic E-state index is 12.2. The van der Waals surface area contributed by atoms with Crippen molar-refractivity contribution in [3.05, 3.63) is 28.5 Å². The van der Waals surface area contributed by atoms with Crippen LogP contribution in [0, 0.1) is 13.8 Å². The largest absolute Gasteiger partial charge is 0.270 e. The Morgan fingerprint density at radius 2 is 2.16 bits per heavy atom. The lowest BCUT2D eigenvalue weighted by Gasteiger charge is -1.97. The number of aromatic nitrogens is 3. The van der Waals surface area contributed by atoms with Gasteiger partial charge in [-0.2, -0.15) is 5.10 Å². The summed E-state index contributed by atoms with van der Waals surface area (Å²) < 4.78 is 38.0. The number of rotatable bonds is 5. The molecule has 0 fully saturated rings. The van der Waals surface area contributed by atoms with E-state index >= 15 is 0 Å². The highest BCUT2D eigenvalue weighted by Crippen LogP contribution is 2.24. The minimum Gasteiger partial charge on any atom is -0.270 e. The van der Waals surface area contributed by atoms with E-state index in [2.05, 4.69) is 10.1 Å². The standard InChI is InChI=1S/C11H14FN3O2S2/c1-8-9(2)18-11(14-8)19(16,17)7-10-5-13-15(6-10)4-3-12/h5-6H,3-4,7H2,1-2H3. The SMILES string of the molecule is Cc1nc(S(=O)(=O)Cc2cnn(CCF)c2)sc1C. The average Bonchev–Trinajstić information content (AvgIpc) is 2.88. The minimum atomic E-state index is -3.46. The van der Waals surface area contributed by atoms with Crippen molar-refractivity contribution < 1.29 is 12.8 Å². The molecule has 0 saturated heterocycles. The lowest BCUT2D eigenvalue weighted by Crippen LogP contribution is -2.04. The van der Waals surface area contributed by atoms with Crippen LogP contribution in [0.1, 0.15) is 16.1 Å². The normalized spacial score (nSPS) is 11.9. The number of hydrogen-bond donors (Lipinski definition) is 0. The van der Waals surface area contributed by atoms with Crippen LogP contribution in [0.2, 0.25) is 0 Å². The van der Waals surface area contributed by atoms with Crippen molar-refractivity contribution in [2.75, 3.05) is 6.67 Å². The zero-order valence-electron chi connectivity index (χ0n) is 10.6. The van der Waals surface area contributed by atoms with E-state index in [4.69, 9.17) is 0 Å². The molecule has 5 nitrogen and oxygen atoms in total. The van der Waals surface area contributed by atoms with Gasteiger partial charge in [0, 0.05) is 16.6 Å². The molecule has 0 aliphatic carbocycles. The molecule has 0 radical (unpaired) electrons. The second-order valence-electron chi connectivity index (χ2n) is 4.18. The van der Waals surface area contributed by atoms with E-state index in [9.17, 15) is 12.8 Å². The Morgan fingerprint density at radius 3 is 2.74 bits per heavy atom. The summed E-state index contributed by atoms with van der Waals surface area (Å²) in [7, 11) is -3.46. The smallest absolute Gasteiger partial charge is 0.210 e. The van der Waals surface area contributed by atoms with Crippen LogP contribution in [0.5, 0.6) is 0 Å². The lowest BCUT2D eigenvalue weighted by atomic mass is 10.4. The van der Waals surface area contributed by atoms with Crippen molar-refractivity contribution >= 4 is 21.2 Å². The van der Waals surface area contributed by atoms with Crippen LogP contribution in [-0.2, 0) is 22.1 Å². The fourth-order valence-electron chi connectivity index (χ4n) is 1.55. The topological polar surface area (TPSA) is 64.8 Å². The third-order valence-corrected chi connectivity index (χ3v) is 5.85. The van der Waals surface area contributed by atoms with Crippen molar-refractivity contribution in [1.82, 2.24) is 14.8 Å². The highest BCUT2D eigenvalue weighted by atomic mass is 32.2. The molecule has 2 aromatic rings. The van der Waals surface area contributed by atoms with E-state index in [0.29, 0.717) is 5.56 Å². The Hall–Kier alpha value is -1.28. The van der Waals surface area contributed by atoms with Gasteiger partial charge < -0.3 is 0 Å². The molecule has 0 aromatic carbocycles. The maximum Gasteiger partial charge on any atom is 0.210 e. The van der Waals surface area contributed by atoms with Crippen molar-refractivity contribution in [2.24, 2.45) is 0 Å². The molecule has 0 aliphatic heterocycles. The summed E-state index contributed by atoms with van der Waals surface area (Å²) in [5.41, 5.74) is 1.27. The van der Waals surface area contributed by atoms with Gasteiger partial charge in [-0.15, -0.1) is 11.3 Å². The Morgan fingerprint density at radius 1 is 1.42 bits per heavy atom. The van der Waals surface area contributed by atoms with Crippen LogP contribution in [0.4, 0.5) is 4.39 Å². The predicted molar refractivity (Wildman–Crippen MR) is 70.7 cm³/mol. The monoisotopic (exact) mass is 303 g/mol. The first-order valence-electron chi connectivity index (χ1n) is 5.66. The summed E-state index contributed by atoms with van der Waals surface area (Å²) in [4.78, 5) is 4.96. The zero-order valence-corrected chi connectivity index (χ0v) is 12.3. The Kier molecular flexibility index (Phi) is 4.00. The molecule has 19 heavy (non-hydrogen) atoms. The maximum absolute atomic E-state index is 12.2. The van der Waals surface area contributed by atoms with E-state index in [1.807, 2.05) is 6.92 Å². The number of hydrogen-bond acceptors (Lipinski definition) is 5. The fourth-order valence-corrected chi connectivity index (χ4v) is 4.23. The van der Waals surface area contributed by atoms with Crippen LogP contribution >= 0.6 is 11.3 Å². The fraction of sp³-hybridized carbons (Fsp3) is 0.455. The summed E-state index contributed by atoms with van der Waals surface area (Å²) >= 11 is 1.17. The summed E-state index contributed by atoms with van der Waals surface area (Å²) in [6, 6.07) is 0. The molecule has 8 heteroatoms. The Balaban J connectivity index is 2.20. The van der Waals surface area contributed by atoms with Gasteiger partial charge in [-0.25, -0.2) is 17.8 Å². The van der Waals surface area contributed by atoms with E-state index in [-0.39, 0.29) is 16.6 Å². The minimum absolute atomic E-state index is 0.126. The number of thiazole rings is 1. The molecule has 104 valence electrons. The molecule has 0 N–H and O–H groups in total. The average molecular weight is 303 g/mol. The quantitative estimate of drug-likeness (QED) is 0.846. The number of sulfone groups is 1.